The molecule has 0 atom stereocenters. The number of aromatic amines is 1. The zero-order chi connectivity index (χ0) is 16.4. The molecule has 0 aliphatic heterocycles. The Morgan fingerprint density at radius 2 is 1.71 bits per heavy atom. The predicted octanol–water partition coefficient (Wildman–Crippen LogP) is 3.76. The second kappa shape index (κ2) is 6.21. The average molecular weight is 334 g/mol. The van der Waals surface area contributed by atoms with Crippen LogP contribution in [0.1, 0.15) is 0 Å². The Hall–Kier alpha value is -3.06. The van der Waals surface area contributed by atoms with Crippen LogP contribution in [0.3, 0.4) is 0 Å². The highest BCUT2D eigenvalue weighted by molar-refractivity contribution is 7.14. The maximum absolute atomic E-state index is 4.74. The van der Waals surface area contributed by atoms with Gasteiger partial charge < -0.3 is 4.90 Å². The Labute approximate surface area is 142 Å². The number of nitrogens with one attached hydrogen (secondary N) is 1. The lowest BCUT2D eigenvalue weighted by molar-refractivity contribution is 0.881. The van der Waals surface area contributed by atoms with Gasteiger partial charge in [-0.2, -0.15) is 5.21 Å². The van der Waals surface area contributed by atoms with Crippen LogP contribution in [0.25, 0.3) is 22.6 Å². The number of anilines is 2. The minimum absolute atomic E-state index is 0.587. The molecule has 0 radical (unpaired) electrons. The summed E-state index contributed by atoms with van der Waals surface area (Å²) in [4.78, 5) is 6.83. The summed E-state index contributed by atoms with van der Waals surface area (Å²) in [6.45, 7) is 0. The first kappa shape index (κ1) is 14.5. The van der Waals surface area contributed by atoms with E-state index in [2.05, 4.69) is 43.0 Å². The molecule has 24 heavy (non-hydrogen) atoms. The van der Waals surface area contributed by atoms with Gasteiger partial charge in [0.2, 0.25) is 5.82 Å². The molecule has 0 saturated carbocycles. The van der Waals surface area contributed by atoms with E-state index < -0.39 is 0 Å². The molecule has 2 aromatic heterocycles. The zero-order valence-corrected chi connectivity index (χ0v) is 13.7. The van der Waals surface area contributed by atoms with Crippen molar-refractivity contribution in [1.82, 2.24) is 25.6 Å². The Bertz CT molecular complexity index is 915. The highest BCUT2D eigenvalue weighted by atomic mass is 32.1. The van der Waals surface area contributed by atoms with Gasteiger partial charge in [0, 0.05) is 29.2 Å². The summed E-state index contributed by atoms with van der Waals surface area (Å²) >= 11 is 1.62. The van der Waals surface area contributed by atoms with E-state index in [1.807, 2.05) is 49.5 Å². The van der Waals surface area contributed by atoms with Gasteiger partial charge in [-0.15, -0.1) is 21.5 Å². The molecule has 7 heteroatoms. The first-order chi connectivity index (χ1) is 11.8. The number of nitrogens with zero attached hydrogens (tertiary/aromatic N) is 5. The lowest BCUT2D eigenvalue weighted by atomic mass is 10.1. The number of rotatable bonds is 4. The van der Waals surface area contributed by atoms with Gasteiger partial charge in [-0.05, 0) is 17.3 Å². The summed E-state index contributed by atoms with van der Waals surface area (Å²) in [5, 5.41) is 17.0. The van der Waals surface area contributed by atoms with Gasteiger partial charge in [-0.25, -0.2) is 4.98 Å². The molecule has 2 aromatic carbocycles. The van der Waals surface area contributed by atoms with Crippen molar-refractivity contribution in [2.45, 2.75) is 0 Å². The summed E-state index contributed by atoms with van der Waals surface area (Å²) in [6.07, 6.45) is 0. The molecule has 0 aliphatic rings. The maximum atomic E-state index is 4.74. The van der Waals surface area contributed by atoms with Gasteiger partial charge >= 0.3 is 0 Å². The second-order valence-electron chi connectivity index (χ2n) is 5.22. The van der Waals surface area contributed by atoms with E-state index in [-0.39, 0.29) is 0 Å². The number of thiazole rings is 1. The molecule has 6 nitrogen and oxygen atoms in total. The smallest absolute Gasteiger partial charge is 0.204 e. The average Bonchev–Trinajstić information content (AvgIpc) is 3.34. The summed E-state index contributed by atoms with van der Waals surface area (Å²) in [5.74, 6) is 0.587. The minimum atomic E-state index is 0.587. The van der Waals surface area contributed by atoms with Crippen LogP contribution in [-0.4, -0.2) is 32.7 Å². The number of tetrazole rings is 1. The molecular formula is C17H14N6S. The van der Waals surface area contributed by atoms with Gasteiger partial charge in [-0.1, -0.05) is 42.5 Å². The van der Waals surface area contributed by atoms with E-state index in [0.717, 1.165) is 27.6 Å². The Balaban J connectivity index is 1.58. The summed E-state index contributed by atoms with van der Waals surface area (Å²) < 4.78 is 0. The lowest BCUT2D eigenvalue weighted by Gasteiger charge is -2.15. The highest BCUT2D eigenvalue weighted by Crippen LogP contribution is 2.31. The molecular weight excluding hydrogens is 320 g/mol. The molecule has 0 unspecified atom stereocenters. The monoisotopic (exact) mass is 334 g/mol. The number of aromatic nitrogens is 5. The second-order valence-corrected chi connectivity index (χ2v) is 6.06. The molecule has 0 saturated heterocycles. The first-order valence-corrected chi connectivity index (χ1v) is 8.28. The van der Waals surface area contributed by atoms with Crippen LogP contribution in [0, 0.1) is 0 Å². The van der Waals surface area contributed by atoms with Crippen LogP contribution < -0.4 is 4.90 Å². The van der Waals surface area contributed by atoms with Crippen molar-refractivity contribution in [1.29, 1.82) is 0 Å². The molecule has 0 fully saturated rings. The first-order valence-electron chi connectivity index (χ1n) is 7.40. The Morgan fingerprint density at radius 1 is 0.958 bits per heavy atom. The number of hydrogen-bond acceptors (Lipinski definition) is 6. The fourth-order valence-corrected chi connectivity index (χ4v) is 3.21. The molecule has 118 valence electrons. The van der Waals surface area contributed by atoms with E-state index >= 15 is 0 Å². The predicted molar refractivity (Wildman–Crippen MR) is 95.2 cm³/mol. The highest BCUT2D eigenvalue weighted by Gasteiger charge is 2.10. The summed E-state index contributed by atoms with van der Waals surface area (Å²) in [5.41, 5.74) is 4.05. The van der Waals surface area contributed by atoms with Gasteiger partial charge in [0.1, 0.15) is 0 Å². The van der Waals surface area contributed by atoms with E-state index in [9.17, 15) is 0 Å². The van der Waals surface area contributed by atoms with Crippen molar-refractivity contribution in [2.75, 3.05) is 11.9 Å². The molecule has 0 spiro atoms. The number of hydrogen-bond donors (Lipinski definition) is 1. The lowest BCUT2D eigenvalue weighted by Crippen LogP contribution is -2.08. The van der Waals surface area contributed by atoms with Crippen molar-refractivity contribution in [2.24, 2.45) is 0 Å². The van der Waals surface area contributed by atoms with Gasteiger partial charge in [0.25, 0.3) is 0 Å². The molecule has 4 aromatic rings. The Morgan fingerprint density at radius 3 is 2.42 bits per heavy atom. The molecule has 0 bridgehead atoms. The van der Waals surface area contributed by atoms with E-state index in [0.29, 0.717) is 5.82 Å². The number of para-hydroxylation sites is 1. The minimum Gasteiger partial charge on any atom is -0.321 e. The van der Waals surface area contributed by atoms with Crippen LogP contribution in [0.4, 0.5) is 10.8 Å². The summed E-state index contributed by atoms with van der Waals surface area (Å²) in [6, 6.07) is 18.2. The van der Waals surface area contributed by atoms with Crippen molar-refractivity contribution in [3.05, 3.63) is 60.0 Å². The third-order valence-electron chi connectivity index (χ3n) is 3.71. The SMILES string of the molecule is CN(c1ccccc1)c1nc(-c2ccc(-c3nn[nH]n3)cc2)cs1. The fraction of sp³-hybridized carbons (Fsp3) is 0.0588. The standard InChI is InChI=1S/C17H14N6S/c1-23(14-5-3-2-4-6-14)17-18-15(11-24-17)12-7-9-13(10-8-12)16-19-21-22-20-16/h2-11H,1H3,(H,19,20,21,22). The summed E-state index contributed by atoms with van der Waals surface area (Å²) in [7, 11) is 2.03. The molecule has 1 N–H and O–H groups in total. The zero-order valence-electron chi connectivity index (χ0n) is 12.9. The van der Waals surface area contributed by atoms with Gasteiger partial charge in [0.15, 0.2) is 5.13 Å². The van der Waals surface area contributed by atoms with Crippen LogP contribution >= 0.6 is 11.3 Å². The van der Waals surface area contributed by atoms with Crippen molar-refractivity contribution >= 4 is 22.2 Å². The third kappa shape index (κ3) is 2.77. The van der Waals surface area contributed by atoms with E-state index in [1.165, 1.54) is 0 Å². The molecule has 0 aliphatic carbocycles. The van der Waals surface area contributed by atoms with Gasteiger partial charge in [0.05, 0.1) is 5.69 Å². The van der Waals surface area contributed by atoms with E-state index in [4.69, 9.17) is 4.98 Å². The number of H-pyrrole nitrogens is 1. The van der Waals surface area contributed by atoms with Crippen molar-refractivity contribution in [3.63, 3.8) is 0 Å². The van der Waals surface area contributed by atoms with Gasteiger partial charge in [-0.3, -0.25) is 0 Å². The van der Waals surface area contributed by atoms with Crippen molar-refractivity contribution in [3.8, 4) is 22.6 Å². The topological polar surface area (TPSA) is 70.6 Å². The molecule has 2 heterocycles. The van der Waals surface area contributed by atoms with E-state index in [1.54, 1.807) is 11.3 Å². The largest absolute Gasteiger partial charge is 0.321 e. The maximum Gasteiger partial charge on any atom is 0.204 e. The normalized spacial score (nSPS) is 10.7. The van der Waals surface area contributed by atoms with Crippen LogP contribution in [0.15, 0.2) is 60.0 Å². The van der Waals surface area contributed by atoms with Crippen LogP contribution in [0.2, 0.25) is 0 Å². The molecule has 4 rings (SSSR count). The number of benzene rings is 2. The van der Waals surface area contributed by atoms with Crippen LogP contribution in [-0.2, 0) is 0 Å². The Kier molecular flexibility index (Phi) is 3.76. The van der Waals surface area contributed by atoms with Crippen molar-refractivity contribution < 1.29 is 0 Å². The quantitative estimate of drug-likeness (QED) is 0.615. The molecule has 0 amide bonds. The van der Waals surface area contributed by atoms with Crippen LogP contribution in [0.5, 0.6) is 0 Å². The third-order valence-corrected chi connectivity index (χ3v) is 4.62. The fourth-order valence-electron chi connectivity index (χ4n) is 2.39.